The molecular formula is C21H22N4O2. The normalized spacial score (nSPS) is 16.3. The van der Waals surface area contributed by atoms with Crippen molar-refractivity contribution < 1.29 is 9.53 Å². The van der Waals surface area contributed by atoms with E-state index < -0.39 is 0 Å². The number of carbonyl (C=O) groups is 1. The Hall–Kier alpha value is -3.28. The third kappa shape index (κ3) is 3.51. The predicted molar refractivity (Wildman–Crippen MR) is 104 cm³/mol. The molecule has 0 spiro atoms. The van der Waals surface area contributed by atoms with Crippen LogP contribution in [0, 0.1) is 0 Å². The van der Waals surface area contributed by atoms with Gasteiger partial charge in [0.1, 0.15) is 5.75 Å². The van der Waals surface area contributed by atoms with Crippen LogP contribution in [0.25, 0.3) is 5.69 Å². The van der Waals surface area contributed by atoms with Crippen LogP contribution in [0.5, 0.6) is 5.75 Å². The van der Waals surface area contributed by atoms with E-state index in [-0.39, 0.29) is 12.1 Å². The maximum atomic E-state index is 13.0. The van der Waals surface area contributed by atoms with Gasteiger partial charge in [-0.25, -0.2) is 9.48 Å². The minimum atomic E-state index is -0.0899. The summed E-state index contributed by atoms with van der Waals surface area (Å²) in [5, 5.41) is 7.34. The number of urea groups is 1. The topological polar surface area (TPSA) is 59.4 Å². The largest absolute Gasteiger partial charge is 0.497 e. The standard InChI is InChI=1S/C21H22N4O2/c1-27-17-11-9-16(10-12-17)19-8-4-14-24(19)21(26)23-18-6-2-3-7-20(18)25-15-5-13-22-25/h2-3,5-7,9-13,15,19H,4,8,14H2,1H3,(H,23,26)/t19-/m1/s1. The number of anilines is 1. The Bertz CT molecular complexity index is 906. The number of aromatic nitrogens is 2. The molecule has 2 amide bonds. The van der Waals surface area contributed by atoms with Crippen molar-refractivity contribution in [1.29, 1.82) is 0 Å². The van der Waals surface area contributed by atoms with Crippen molar-refractivity contribution in [2.45, 2.75) is 18.9 Å². The summed E-state index contributed by atoms with van der Waals surface area (Å²) >= 11 is 0. The number of likely N-dealkylation sites (tertiary alicyclic amines) is 1. The van der Waals surface area contributed by atoms with E-state index in [2.05, 4.69) is 10.4 Å². The van der Waals surface area contributed by atoms with E-state index in [4.69, 9.17) is 4.74 Å². The van der Waals surface area contributed by atoms with Crippen LogP contribution < -0.4 is 10.1 Å². The van der Waals surface area contributed by atoms with Gasteiger partial charge in [0.05, 0.1) is 24.5 Å². The average Bonchev–Trinajstić information content (AvgIpc) is 3.40. The van der Waals surface area contributed by atoms with Gasteiger partial charge in [-0.3, -0.25) is 0 Å². The van der Waals surface area contributed by atoms with Crippen LogP contribution in [0.3, 0.4) is 0 Å². The molecule has 1 saturated heterocycles. The lowest BCUT2D eigenvalue weighted by molar-refractivity contribution is 0.207. The van der Waals surface area contributed by atoms with Gasteiger partial charge in [0, 0.05) is 18.9 Å². The number of hydrogen-bond acceptors (Lipinski definition) is 3. The second-order valence-electron chi connectivity index (χ2n) is 6.52. The molecule has 27 heavy (non-hydrogen) atoms. The zero-order valence-electron chi connectivity index (χ0n) is 15.2. The summed E-state index contributed by atoms with van der Waals surface area (Å²) in [5.41, 5.74) is 2.71. The number of nitrogens with one attached hydrogen (secondary N) is 1. The molecule has 6 nitrogen and oxygen atoms in total. The van der Waals surface area contributed by atoms with Gasteiger partial charge in [0.25, 0.3) is 0 Å². The van der Waals surface area contributed by atoms with Gasteiger partial charge in [-0.2, -0.15) is 5.10 Å². The highest BCUT2D eigenvalue weighted by molar-refractivity contribution is 5.92. The number of rotatable bonds is 4. The number of nitrogens with zero attached hydrogens (tertiary/aromatic N) is 3. The zero-order valence-corrected chi connectivity index (χ0v) is 15.2. The first kappa shape index (κ1) is 17.1. The van der Waals surface area contributed by atoms with Gasteiger partial charge < -0.3 is 15.0 Å². The highest BCUT2D eigenvalue weighted by atomic mass is 16.5. The predicted octanol–water partition coefficient (Wildman–Crippen LogP) is 4.25. The van der Waals surface area contributed by atoms with E-state index >= 15 is 0 Å². The lowest BCUT2D eigenvalue weighted by Gasteiger charge is -2.26. The van der Waals surface area contributed by atoms with Crippen molar-refractivity contribution in [3.05, 3.63) is 72.6 Å². The summed E-state index contributed by atoms with van der Waals surface area (Å²) in [6, 6.07) is 17.5. The van der Waals surface area contributed by atoms with E-state index in [0.717, 1.165) is 42.1 Å². The van der Waals surface area contributed by atoms with Crippen LogP contribution in [-0.2, 0) is 0 Å². The molecule has 3 aromatic rings. The molecule has 1 atom stereocenters. The first-order chi connectivity index (χ1) is 13.3. The van der Waals surface area contributed by atoms with Crippen LogP contribution in [-0.4, -0.2) is 34.4 Å². The van der Waals surface area contributed by atoms with Gasteiger partial charge >= 0.3 is 6.03 Å². The molecule has 1 aliphatic heterocycles. The third-order valence-electron chi connectivity index (χ3n) is 4.91. The number of hydrogen-bond donors (Lipinski definition) is 1. The summed E-state index contributed by atoms with van der Waals surface area (Å²) in [7, 11) is 1.65. The molecule has 0 aliphatic carbocycles. The molecule has 2 heterocycles. The minimum Gasteiger partial charge on any atom is -0.497 e. The molecule has 6 heteroatoms. The van der Waals surface area contributed by atoms with Gasteiger partial charge in [-0.1, -0.05) is 24.3 Å². The number of benzene rings is 2. The number of carbonyl (C=O) groups excluding carboxylic acids is 1. The minimum absolute atomic E-state index is 0.0766. The van der Waals surface area contributed by atoms with Crippen molar-refractivity contribution in [2.24, 2.45) is 0 Å². The highest BCUT2D eigenvalue weighted by Crippen LogP contribution is 2.33. The Balaban J connectivity index is 1.54. The Morgan fingerprint density at radius 3 is 2.70 bits per heavy atom. The summed E-state index contributed by atoms with van der Waals surface area (Å²) in [5.74, 6) is 0.820. The van der Waals surface area contributed by atoms with Gasteiger partial charge in [-0.05, 0) is 48.7 Å². The first-order valence-corrected chi connectivity index (χ1v) is 9.07. The van der Waals surface area contributed by atoms with Crippen LogP contribution in [0.2, 0.25) is 0 Å². The summed E-state index contributed by atoms with van der Waals surface area (Å²) in [6.45, 7) is 0.743. The number of amides is 2. The monoisotopic (exact) mass is 362 g/mol. The van der Waals surface area contributed by atoms with E-state index in [1.807, 2.05) is 65.7 Å². The summed E-state index contributed by atoms with van der Waals surface area (Å²) in [6.07, 6.45) is 5.53. The Morgan fingerprint density at radius 1 is 1.15 bits per heavy atom. The molecule has 0 bridgehead atoms. The molecule has 138 valence electrons. The Morgan fingerprint density at radius 2 is 1.96 bits per heavy atom. The fraction of sp³-hybridized carbons (Fsp3) is 0.238. The highest BCUT2D eigenvalue weighted by Gasteiger charge is 2.30. The van der Waals surface area contributed by atoms with Crippen molar-refractivity contribution in [1.82, 2.24) is 14.7 Å². The van der Waals surface area contributed by atoms with Crippen molar-refractivity contribution >= 4 is 11.7 Å². The van der Waals surface area contributed by atoms with Crippen molar-refractivity contribution in [3.63, 3.8) is 0 Å². The molecule has 4 rings (SSSR count). The molecule has 1 aliphatic rings. The second-order valence-corrected chi connectivity index (χ2v) is 6.52. The third-order valence-corrected chi connectivity index (χ3v) is 4.91. The van der Waals surface area contributed by atoms with Crippen LogP contribution >= 0.6 is 0 Å². The lowest BCUT2D eigenvalue weighted by atomic mass is 10.0. The number of methoxy groups -OCH3 is 1. The quantitative estimate of drug-likeness (QED) is 0.755. The van der Waals surface area contributed by atoms with E-state index in [1.165, 1.54) is 0 Å². The summed E-state index contributed by atoms with van der Waals surface area (Å²) < 4.78 is 6.98. The molecule has 0 saturated carbocycles. The van der Waals surface area contributed by atoms with Gasteiger partial charge in [-0.15, -0.1) is 0 Å². The second kappa shape index (κ2) is 7.53. The molecule has 1 N–H and O–H groups in total. The van der Waals surface area contributed by atoms with Crippen molar-refractivity contribution in [2.75, 3.05) is 19.0 Å². The molecule has 0 unspecified atom stereocenters. The Labute approximate surface area is 158 Å². The molecule has 0 radical (unpaired) electrons. The average molecular weight is 362 g/mol. The first-order valence-electron chi connectivity index (χ1n) is 9.07. The maximum Gasteiger partial charge on any atom is 0.322 e. The molecule has 1 aromatic heterocycles. The van der Waals surface area contributed by atoms with Crippen LogP contribution in [0.4, 0.5) is 10.5 Å². The van der Waals surface area contributed by atoms with Crippen molar-refractivity contribution in [3.8, 4) is 11.4 Å². The fourth-order valence-corrected chi connectivity index (χ4v) is 3.56. The van der Waals surface area contributed by atoms with Crippen LogP contribution in [0.1, 0.15) is 24.4 Å². The van der Waals surface area contributed by atoms with Gasteiger partial charge in [0.15, 0.2) is 0 Å². The van der Waals surface area contributed by atoms with Crippen LogP contribution in [0.15, 0.2) is 67.0 Å². The zero-order chi connectivity index (χ0) is 18.6. The molecular weight excluding hydrogens is 340 g/mol. The number of para-hydroxylation sites is 2. The SMILES string of the molecule is COc1ccc([C@H]2CCCN2C(=O)Nc2ccccc2-n2cccn2)cc1. The number of ether oxygens (including phenoxy) is 1. The van der Waals surface area contributed by atoms with E-state index in [9.17, 15) is 4.79 Å². The Kier molecular flexibility index (Phi) is 4.78. The molecule has 1 fully saturated rings. The fourth-order valence-electron chi connectivity index (χ4n) is 3.56. The van der Waals surface area contributed by atoms with E-state index in [0.29, 0.717) is 0 Å². The van der Waals surface area contributed by atoms with Gasteiger partial charge in [0.2, 0.25) is 0 Å². The maximum absolute atomic E-state index is 13.0. The summed E-state index contributed by atoms with van der Waals surface area (Å²) in [4.78, 5) is 14.9. The molecule has 2 aromatic carbocycles. The lowest BCUT2D eigenvalue weighted by Crippen LogP contribution is -2.34. The van der Waals surface area contributed by atoms with E-state index in [1.54, 1.807) is 18.0 Å². The smallest absolute Gasteiger partial charge is 0.322 e.